The Morgan fingerprint density at radius 2 is 0.522 bits per heavy atom. The van der Waals surface area contributed by atoms with Crippen molar-refractivity contribution in [1.82, 2.24) is 0 Å². The third-order valence-electron chi connectivity index (χ3n) is 17.2. The van der Waals surface area contributed by atoms with E-state index in [-0.39, 0.29) is 25.7 Å². The van der Waals surface area contributed by atoms with Crippen molar-refractivity contribution in [3.63, 3.8) is 0 Å². The summed E-state index contributed by atoms with van der Waals surface area (Å²) in [5.41, 5.74) is 0. The van der Waals surface area contributed by atoms with E-state index in [2.05, 4.69) is 55.4 Å². The summed E-state index contributed by atoms with van der Waals surface area (Å²) < 4.78 is 68.3. The van der Waals surface area contributed by atoms with E-state index in [0.29, 0.717) is 37.5 Å². The lowest BCUT2D eigenvalue weighted by Gasteiger charge is -2.21. The normalized spacial score (nSPS) is 14.5. The van der Waals surface area contributed by atoms with Gasteiger partial charge in [0, 0.05) is 25.7 Å². The van der Waals surface area contributed by atoms with Crippen molar-refractivity contribution in [2.45, 2.75) is 382 Å². The summed E-state index contributed by atoms with van der Waals surface area (Å²) in [7, 11) is -9.90. The van der Waals surface area contributed by atoms with Gasteiger partial charge in [0.05, 0.1) is 26.4 Å². The lowest BCUT2D eigenvalue weighted by atomic mass is 9.99. The molecule has 3 N–H and O–H groups in total. The predicted octanol–water partition coefficient (Wildman–Crippen LogP) is 20.9. The molecule has 0 aliphatic carbocycles. The second-order valence-corrected chi connectivity index (χ2v) is 30.9. The van der Waals surface area contributed by atoms with Crippen molar-refractivity contribution in [3.05, 3.63) is 0 Å². The summed E-state index contributed by atoms with van der Waals surface area (Å²) in [6.07, 6.45) is 46.3. The van der Waals surface area contributed by atoms with Gasteiger partial charge in [-0.3, -0.25) is 37.3 Å². The highest BCUT2D eigenvalue weighted by Crippen LogP contribution is 2.45. The fourth-order valence-electron chi connectivity index (χ4n) is 11.0. The number of carbonyl (C=O) groups excluding carboxylic acids is 4. The highest BCUT2D eigenvalue weighted by molar-refractivity contribution is 7.47. The second-order valence-electron chi connectivity index (χ2n) is 28.0. The van der Waals surface area contributed by atoms with E-state index < -0.39 is 97.5 Å². The molecule has 0 saturated carbocycles. The van der Waals surface area contributed by atoms with E-state index in [1.165, 1.54) is 154 Å². The van der Waals surface area contributed by atoms with Crippen molar-refractivity contribution in [2.24, 2.45) is 23.7 Å². The first kappa shape index (κ1) is 90.1. The Bertz CT molecular complexity index is 1820. The number of carbonyl (C=O) groups is 4. The number of phosphoric ester groups is 2. The topological polar surface area (TPSA) is 237 Å². The molecule has 0 saturated heterocycles. The van der Waals surface area contributed by atoms with E-state index in [0.717, 1.165) is 115 Å². The quantitative estimate of drug-likeness (QED) is 0.0222. The molecule has 546 valence electrons. The molecule has 0 spiro atoms. The van der Waals surface area contributed by atoms with Crippen LogP contribution in [0.4, 0.5) is 0 Å². The van der Waals surface area contributed by atoms with Gasteiger partial charge in [0.1, 0.15) is 19.3 Å². The van der Waals surface area contributed by atoms with Crippen LogP contribution in [-0.2, 0) is 65.4 Å². The molecule has 0 aromatic carbocycles. The number of hydrogen-bond donors (Lipinski definition) is 3. The molecular weight excluding hydrogens is 1210 g/mol. The molecule has 0 aliphatic rings. The minimum atomic E-state index is -4.95. The highest BCUT2D eigenvalue weighted by atomic mass is 31.2. The minimum absolute atomic E-state index is 0.104. The Hall–Kier alpha value is -1.94. The molecule has 0 fully saturated rings. The zero-order chi connectivity index (χ0) is 68.2. The minimum Gasteiger partial charge on any atom is -0.462 e. The van der Waals surface area contributed by atoms with E-state index in [1.54, 1.807) is 0 Å². The Labute approximate surface area is 562 Å². The Morgan fingerprint density at radius 1 is 0.304 bits per heavy atom. The molecule has 0 aliphatic heterocycles. The molecule has 0 aromatic rings. The van der Waals surface area contributed by atoms with Crippen LogP contribution in [0.3, 0.4) is 0 Å². The molecule has 0 bridgehead atoms. The summed E-state index contributed by atoms with van der Waals surface area (Å²) in [4.78, 5) is 72.5. The van der Waals surface area contributed by atoms with Crippen LogP contribution in [0, 0.1) is 23.7 Å². The maximum Gasteiger partial charge on any atom is 0.472 e. The van der Waals surface area contributed by atoms with Gasteiger partial charge in [-0.05, 0) is 49.4 Å². The average Bonchev–Trinajstić information content (AvgIpc) is 3.34. The van der Waals surface area contributed by atoms with Gasteiger partial charge in [0.25, 0.3) is 0 Å². The summed E-state index contributed by atoms with van der Waals surface area (Å²) in [6.45, 7) is 14.0. The van der Waals surface area contributed by atoms with Crippen LogP contribution in [0.1, 0.15) is 364 Å². The summed E-state index contributed by atoms with van der Waals surface area (Å²) >= 11 is 0. The summed E-state index contributed by atoms with van der Waals surface area (Å²) in [6, 6.07) is 0. The maximum absolute atomic E-state index is 13.0. The van der Waals surface area contributed by atoms with Crippen LogP contribution in [-0.4, -0.2) is 96.7 Å². The van der Waals surface area contributed by atoms with Crippen LogP contribution >= 0.6 is 15.6 Å². The second kappa shape index (κ2) is 62.6. The first-order valence-corrected chi connectivity index (χ1v) is 40.7. The van der Waals surface area contributed by atoms with Gasteiger partial charge in [-0.15, -0.1) is 0 Å². The van der Waals surface area contributed by atoms with Gasteiger partial charge >= 0.3 is 39.5 Å². The number of esters is 4. The lowest BCUT2D eigenvalue weighted by Crippen LogP contribution is -2.30. The van der Waals surface area contributed by atoms with E-state index in [9.17, 15) is 43.2 Å². The monoisotopic (exact) mass is 1350 g/mol. The lowest BCUT2D eigenvalue weighted by molar-refractivity contribution is -0.161. The number of aliphatic hydroxyl groups is 1. The smallest absolute Gasteiger partial charge is 0.462 e. The van der Waals surface area contributed by atoms with Crippen LogP contribution in [0.25, 0.3) is 0 Å². The van der Waals surface area contributed by atoms with Crippen LogP contribution in [0.5, 0.6) is 0 Å². The van der Waals surface area contributed by atoms with Gasteiger partial charge < -0.3 is 33.8 Å². The molecule has 17 nitrogen and oxygen atoms in total. The van der Waals surface area contributed by atoms with Crippen molar-refractivity contribution in [2.75, 3.05) is 39.6 Å². The van der Waals surface area contributed by atoms with Gasteiger partial charge in [-0.2, -0.15) is 0 Å². The van der Waals surface area contributed by atoms with Crippen molar-refractivity contribution in [1.29, 1.82) is 0 Å². The fraction of sp³-hybridized carbons (Fsp3) is 0.945. The molecule has 0 amide bonds. The van der Waals surface area contributed by atoms with Crippen molar-refractivity contribution < 1.29 is 80.2 Å². The Morgan fingerprint density at radius 3 is 0.772 bits per heavy atom. The zero-order valence-electron chi connectivity index (χ0n) is 60.2. The average molecular weight is 1350 g/mol. The molecule has 19 heteroatoms. The first-order chi connectivity index (χ1) is 44.1. The maximum atomic E-state index is 13.0. The Kier molecular flexibility index (Phi) is 61.3. The van der Waals surface area contributed by atoms with Crippen LogP contribution in [0.2, 0.25) is 0 Å². The van der Waals surface area contributed by atoms with Crippen LogP contribution < -0.4 is 0 Å². The fourth-order valence-corrected chi connectivity index (χ4v) is 12.6. The van der Waals surface area contributed by atoms with Gasteiger partial charge in [-0.1, -0.05) is 312 Å². The molecule has 6 atom stereocenters. The SMILES string of the molecule is CCC(C)CCCCCCCCCCCCCCCCCCCCC(=O)O[C@H](COC(=O)CCCCCCCCC(C)C)COP(=O)(O)OC[C@@H](O)COP(=O)(O)OC[C@@H](COC(=O)CCCCCCCCC(C)C)OC(=O)CCCCCCCCCCCC(C)C. The van der Waals surface area contributed by atoms with Crippen LogP contribution in [0.15, 0.2) is 0 Å². The summed E-state index contributed by atoms with van der Waals surface area (Å²) in [5, 5.41) is 10.6. The van der Waals surface area contributed by atoms with Crippen molar-refractivity contribution >= 4 is 39.5 Å². The zero-order valence-corrected chi connectivity index (χ0v) is 62.0. The molecule has 0 rings (SSSR count). The van der Waals surface area contributed by atoms with Gasteiger partial charge in [0.2, 0.25) is 0 Å². The third-order valence-corrected chi connectivity index (χ3v) is 19.1. The number of aliphatic hydroxyl groups excluding tert-OH is 1. The molecule has 3 unspecified atom stereocenters. The molecule has 92 heavy (non-hydrogen) atoms. The number of ether oxygens (including phenoxy) is 4. The van der Waals surface area contributed by atoms with Crippen molar-refractivity contribution in [3.8, 4) is 0 Å². The number of phosphoric acid groups is 2. The Balaban J connectivity index is 5.13. The molecular formula is C73H142O17P2. The predicted molar refractivity (Wildman–Crippen MR) is 372 cm³/mol. The molecule has 0 heterocycles. The van der Waals surface area contributed by atoms with E-state index in [1.807, 2.05) is 0 Å². The van der Waals surface area contributed by atoms with Gasteiger partial charge in [0.15, 0.2) is 12.2 Å². The highest BCUT2D eigenvalue weighted by Gasteiger charge is 2.30. The number of rotatable bonds is 70. The van der Waals surface area contributed by atoms with E-state index in [4.69, 9.17) is 37.0 Å². The van der Waals surface area contributed by atoms with Gasteiger partial charge in [-0.25, -0.2) is 9.13 Å². The number of hydrogen-bond acceptors (Lipinski definition) is 15. The first-order valence-electron chi connectivity index (χ1n) is 37.7. The van der Waals surface area contributed by atoms with E-state index >= 15 is 0 Å². The standard InChI is InChI=1S/C73H142O17P2/c1-9-66(8)52-44-36-26-22-18-16-14-12-10-11-13-15-17-19-23-27-39-47-55-72(77)89-68(59-83-70(75)53-45-37-31-29-34-42-50-64(4)5)61-87-91(79,80)85-57-67(74)58-86-92(81,82)88-62-69(60-84-71(76)54-46-38-32-30-35-43-51-65(6)7)90-73(78)56-48-40-28-24-20-21-25-33-41-49-63(2)3/h63-69,74H,9-62H2,1-8H3,(H,79,80)(H,81,82)/t66?,67-,68-,69-/m1/s1. The number of unbranched alkanes of at least 4 members (excludes halogenated alkanes) is 35. The molecule has 0 aromatic heterocycles. The third kappa shape index (κ3) is 65.4. The largest absolute Gasteiger partial charge is 0.472 e. The summed E-state index contributed by atoms with van der Waals surface area (Å²) in [5.74, 6) is 0.835. The molecule has 0 radical (unpaired) electrons.